The van der Waals surface area contributed by atoms with Gasteiger partial charge >= 0.3 is 5.97 Å². The van der Waals surface area contributed by atoms with Gasteiger partial charge in [0.15, 0.2) is 0 Å². The molecule has 2 heterocycles. The Kier molecular flexibility index (Phi) is 3.02. The van der Waals surface area contributed by atoms with E-state index in [4.69, 9.17) is 0 Å². The van der Waals surface area contributed by atoms with Crippen molar-refractivity contribution in [2.45, 2.75) is 13.3 Å². The summed E-state index contributed by atoms with van der Waals surface area (Å²) in [4.78, 5) is 17.8. The Morgan fingerprint density at radius 1 is 1.48 bits per heavy atom. The Balaban J connectivity index is 2.05. The number of rotatable bonds is 2. The molecule has 1 aromatic heterocycles. The number of aliphatic carboxylic acids is 1. The maximum Gasteiger partial charge on any atom is 0.311 e. The number of anilines is 1. The lowest BCUT2D eigenvalue weighted by Gasteiger charge is -2.22. The molecule has 1 aromatic carbocycles. The lowest BCUT2D eigenvalue weighted by atomic mass is 9.90. The molecular formula is C16H15N3O2. The quantitative estimate of drug-likeness (QED) is 0.914. The third kappa shape index (κ3) is 2.19. The van der Waals surface area contributed by atoms with Crippen LogP contribution < -0.4 is 4.90 Å². The standard InChI is InChI=1S/C16H15N3O2/c1-16(15(20)21)6-7-19(10-16)14-12(9-17)8-11-4-2-3-5-13(11)18-14/h2-5,8H,6-7,10H2,1H3,(H,20,21). The van der Waals surface area contributed by atoms with Crippen molar-refractivity contribution in [3.8, 4) is 6.07 Å². The number of carboxylic acid groups (broad SMARTS) is 1. The first kappa shape index (κ1) is 13.4. The highest BCUT2D eigenvalue weighted by molar-refractivity contribution is 5.83. The van der Waals surface area contributed by atoms with Crippen LogP contribution in [0.1, 0.15) is 18.9 Å². The van der Waals surface area contributed by atoms with Crippen molar-refractivity contribution in [2.75, 3.05) is 18.0 Å². The van der Waals surface area contributed by atoms with Crippen molar-refractivity contribution in [3.05, 3.63) is 35.9 Å². The van der Waals surface area contributed by atoms with Gasteiger partial charge in [0, 0.05) is 18.5 Å². The topological polar surface area (TPSA) is 77.2 Å². The fourth-order valence-electron chi connectivity index (χ4n) is 2.75. The summed E-state index contributed by atoms with van der Waals surface area (Å²) in [5, 5.41) is 19.6. The first-order valence-corrected chi connectivity index (χ1v) is 6.82. The number of fused-ring (bicyclic) bond motifs is 1. The van der Waals surface area contributed by atoms with Crippen LogP contribution in [0.2, 0.25) is 0 Å². The molecule has 1 unspecified atom stereocenters. The molecule has 2 aromatic rings. The monoisotopic (exact) mass is 281 g/mol. The highest BCUT2D eigenvalue weighted by Crippen LogP contribution is 2.34. The Labute approximate surface area is 122 Å². The number of para-hydroxylation sites is 1. The molecule has 1 atom stereocenters. The van der Waals surface area contributed by atoms with Crippen LogP contribution >= 0.6 is 0 Å². The van der Waals surface area contributed by atoms with Crippen LogP contribution in [-0.2, 0) is 4.79 Å². The first-order valence-electron chi connectivity index (χ1n) is 6.82. The average Bonchev–Trinajstić information content (AvgIpc) is 2.89. The van der Waals surface area contributed by atoms with Crippen molar-refractivity contribution in [1.29, 1.82) is 5.26 Å². The predicted molar refractivity (Wildman–Crippen MR) is 79.0 cm³/mol. The number of hydrogen-bond acceptors (Lipinski definition) is 4. The van der Waals surface area contributed by atoms with Crippen LogP contribution in [-0.4, -0.2) is 29.1 Å². The Morgan fingerprint density at radius 3 is 2.90 bits per heavy atom. The minimum Gasteiger partial charge on any atom is -0.481 e. The lowest BCUT2D eigenvalue weighted by Crippen LogP contribution is -2.32. The minimum atomic E-state index is -0.802. The zero-order chi connectivity index (χ0) is 15.0. The van der Waals surface area contributed by atoms with E-state index in [-0.39, 0.29) is 0 Å². The molecule has 0 amide bonds. The molecule has 1 aliphatic heterocycles. The van der Waals surface area contributed by atoms with Gasteiger partial charge in [-0.25, -0.2) is 4.98 Å². The van der Waals surface area contributed by atoms with E-state index >= 15 is 0 Å². The molecule has 1 N–H and O–H groups in total. The number of benzene rings is 1. The Morgan fingerprint density at radius 2 is 2.24 bits per heavy atom. The van der Waals surface area contributed by atoms with Gasteiger partial charge in [0.25, 0.3) is 0 Å². The summed E-state index contributed by atoms with van der Waals surface area (Å²) in [7, 11) is 0. The number of nitrogens with zero attached hydrogens (tertiary/aromatic N) is 3. The average molecular weight is 281 g/mol. The number of hydrogen-bond donors (Lipinski definition) is 1. The van der Waals surface area contributed by atoms with E-state index in [9.17, 15) is 15.2 Å². The van der Waals surface area contributed by atoms with Crippen LogP contribution in [0.3, 0.4) is 0 Å². The van der Waals surface area contributed by atoms with E-state index in [1.807, 2.05) is 35.2 Å². The van der Waals surface area contributed by atoms with Crippen LogP contribution in [0.15, 0.2) is 30.3 Å². The van der Waals surface area contributed by atoms with Crippen LogP contribution in [0.4, 0.5) is 5.82 Å². The molecular weight excluding hydrogens is 266 g/mol. The second-order valence-corrected chi connectivity index (χ2v) is 5.70. The Hall–Kier alpha value is -2.61. The summed E-state index contributed by atoms with van der Waals surface area (Å²) in [5.74, 6) is -0.217. The number of carbonyl (C=O) groups is 1. The fourth-order valence-corrected chi connectivity index (χ4v) is 2.75. The highest BCUT2D eigenvalue weighted by Gasteiger charge is 2.41. The molecule has 0 spiro atoms. The molecule has 1 saturated heterocycles. The summed E-state index contributed by atoms with van der Waals surface area (Å²) >= 11 is 0. The summed E-state index contributed by atoms with van der Waals surface area (Å²) in [6, 6.07) is 11.6. The smallest absolute Gasteiger partial charge is 0.311 e. The van der Waals surface area contributed by atoms with Crippen molar-refractivity contribution in [3.63, 3.8) is 0 Å². The van der Waals surface area contributed by atoms with E-state index in [0.29, 0.717) is 30.9 Å². The summed E-state index contributed by atoms with van der Waals surface area (Å²) in [5.41, 5.74) is 0.527. The van der Waals surface area contributed by atoms with Crippen molar-refractivity contribution >= 4 is 22.7 Å². The molecule has 106 valence electrons. The van der Waals surface area contributed by atoms with Gasteiger partial charge < -0.3 is 10.0 Å². The van der Waals surface area contributed by atoms with E-state index in [0.717, 1.165) is 10.9 Å². The lowest BCUT2D eigenvalue weighted by molar-refractivity contribution is -0.146. The number of carboxylic acids is 1. The number of pyridine rings is 1. The van der Waals surface area contributed by atoms with E-state index in [2.05, 4.69) is 11.1 Å². The van der Waals surface area contributed by atoms with E-state index in [1.54, 1.807) is 6.92 Å². The van der Waals surface area contributed by atoms with Gasteiger partial charge in [-0.3, -0.25) is 4.79 Å². The highest BCUT2D eigenvalue weighted by atomic mass is 16.4. The molecule has 21 heavy (non-hydrogen) atoms. The van der Waals surface area contributed by atoms with Gasteiger partial charge in [-0.2, -0.15) is 5.26 Å². The second-order valence-electron chi connectivity index (χ2n) is 5.70. The van der Waals surface area contributed by atoms with Crippen molar-refractivity contribution in [2.24, 2.45) is 5.41 Å². The largest absolute Gasteiger partial charge is 0.481 e. The maximum atomic E-state index is 11.4. The molecule has 5 heteroatoms. The zero-order valence-corrected chi connectivity index (χ0v) is 11.7. The maximum absolute atomic E-state index is 11.4. The van der Waals surface area contributed by atoms with Crippen LogP contribution in [0.25, 0.3) is 10.9 Å². The van der Waals surface area contributed by atoms with Gasteiger partial charge in [0.1, 0.15) is 11.9 Å². The number of nitriles is 1. The van der Waals surface area contributed by atoms with Crippen molar-refractivity contribution < 1.29 is 9.90 Å². The molecule has 0 aliphatic carbocycles. The normalized spacial score (nSPS) is 21.4. The SMILES string of the molecule is CC1(C(=O)O)CCN(c2nc3ccccc3cc2C#N)C1. The molecule has 0 radical (unpaired) electrons. The van der Waals surface area contributed by atoms with Gasteiger partial charge in [-0.05, 0) is 25.5 Å². The zero-order valence-electron chi connectivity index (χ0n) is 11.7. The minimum absolute atomic E-state index is 0.377. The van der Waals surface area contributed by atoms with Gasteiger partial charge in [-0.1, -0.05) is 18.2 Å². The summed E-state index contributed by atoms with van der Waals surface area (Å²) in [6.45, 7) is 2.72. The second kappa shape index (κ2) is 4.74. The fraction of sp³-hybridized carbons (Fsp3) is 0.312. The summed E-state index contributed by atoms with van der Waals surface area (Å²) < 4.78 is 0. The van der Waals surface area contributed by atoms with Gasteiger partial charge in [-0.15, -0.1) is 0 Å². The van der Waals surface area contributed by atoms with Crippen LogP contribution in [0, 0.1) is 16.7 Å². The van der Waals surface area contributed by atoms with E-state index in [1.165, 1.54) is 0 Å². The van der Waals surface area contributed by atoms with Crippen LogP contribution in [0.5, 0.6) is 0 Å². The molecule has 1 aliphatic rings. The first-order chi connectivity index (χ1) is 10.0. The van der Waals surface area contributed by atoms with E-state index < -0.39 is 11.4 Å². The molecule has 1 fully saturated rings. The van der Waals surface area contributed by atoms with Gasteiger partial charge in [0.05, 0.1) is 16.5 Å². The molecule has 0 saturated carbocycles. The van der Waals surface area contributed by atoms with Crippen molar-refractivity contribution in [1.82, 2.24) is 4.98 Å². The molecule has 5 nitrogen and oxygen atoms in total. The molecule has 3 rings (SSSR count). The van der Waals surface area contributed by atoms with Gasteiger partial charge in [0.2, 0.25) is 0 Å². The summed E-state index contributed by atoms with van der Waals surface area (Å²) in [6.07, 6.45) is 0.557. The number of aromatic nitrogens is 1. The third-order valence-electron chi connectivity index (χ3n) is 4.11. The predicted octanol–water partition coefficient (Wildman–Crippen LogP) is 2.41. The Bertz CT molecular complexity index is 766. The third-order valence-corrected chi connectivity index (χ3v) is 4.11. The molecule has 0 bridgehead atoms.